The Morgan fingerprint density at radius 2 is 1.85 bits per heavy atom. The minimum absolute atomic E-state index is 0.115. The summed E-state index contributed by atoms with van der Waals surface area (Å²) >= 11 is 0. The summed E-state index contributed by atoms with van der Waals surface area (Å²) in [6.45, 7) is 6.07. The van der Waals surface area contributed by atoms with Crippen LogP contribution >= 0.6 is 0 Å². The van der Waals surface area contributed by atoms with Gasteiger partial charge in [0.2, 0.25) is 0 Å². The Morgan fingerprint density at radius 3 is 2.64 bits per heavy atom. The van der Waals surface area contributed by atoms with E-state index in [9.17, 15) is 4.79 Å². The second-order valence-electron chi connectivity index (χ2n) is 8.37. The number of nitrogens with zero attached hydrogens (tertiary/aromatic N) is 4. The van der Waals surface area contributed by atoms with E-state index in [-0.39, 0.29) is 5.91 Å². The zero-order chi connectivity index (χ0) is 23.2. The molecule has 0 radical (unpaired) electrons. The number of pyridine rings is 1. The molecule has 0 aliphatic rings. The van der Waals surface area contributed by atoms with Crippen LogP contribution in [0, 0.1) is 13.8 Å². The number of aromatic nitrogens is 3. The van der Waals surface area contributed by atoms with Crippen LogP contribution in [0.15, 0.2) is 66.9 Å². The molecule has 0 unspecified atom stereocenters. The summed E-state index contributed by atoms with van der Waals surface area (Å²) in [6, 6.07) is 19.7. The zero-order valence-electron chi connectivity index (χ0n) is 19.5. The molecule has 1 amide bonds. The fourth-order valence-electron chi connectivity index (χ4n) is 3.98. The summed E-state index contributed by atoms with van der Waals surface area (Å²) in [5, 5.41) is 0. The second kappa shape index (κ2) is 10.3. The molecule has 0 atom stereocenters. The number of rotatable bonds is 9. The third-order valence-electron chi connectivity index (χ3n) is 5.71. The van der Waals surface area contributed by atoms with Gasteiger partial charge in [0.05, 0.1) is 24.2 Å². The van der Waals surface area contributed by atoms with Gasteiger partial charge < -0.3 is 14.2 Å². The van der Waals surface area contributed by atoms with Gasteiger partial charge in [0, 0.05) is 19.8 Å². The Morgan fingerprint density at radius 1 is 1.03 bits per heavy atom. The van der Waals surface area contributed by atoms with Crippen molar-refractivity contribution >= 4 is 16.9 Å². The Kier molecular flexibility index (Phi) is 7.03. The second-order valence-corrected chi connectivity index (χ2v) is 8.37. The van der Waals surface area contributed by atoms with Crippen molar-refractivity contribution in [3.63, 3.8) is 0 Å². The highest BCUT2D eigenvalue weighted by Crippen LogP contribution is 2.20. The molecule has 4 aromatic rings. The largest absolute Gasteiger partial charge is 0.493 e. The van der Waals surface area contributed by atoms with Crippen LogP contribution in [0.5, 0.6) is 5.75 Å². The Hall–Kier alpha value is -3.67. The Bertz CT molecular complexity index is 1230. The number of para-hydroxylation sites is 2. The molecule has 0 saturated heterocycles. The van der Waals surface area contributed by atoms with E-state index in [1.54, 1.807) is 30.3 Å². The van der Waals surface area contributed by atoms with Crippen LogP contribution in [-0.4, -0.2) is 39.0 Å². The summed E-state index contributed by atoms with van der Waals surface area (Å²) in [6.07, 6.45) is 3.52. The van der Waals surface area contributed by atoms with Crippen molar-refractivity contribution in [2.75, 3.05) is 13.7 Å². The molecule has 0 bridgehead atoms. The van der Waals surface area contributed by atoms with Crippen LogP contribution in [0.2, 0.25) is 0 Å². The molecule has 2 heterocycles. The van der Waals surface area contributed by atoms with Crippen molar-refractivity contribution in [3.05, 3.63) is 89.5 Å². The van der Waals surface area contributed by atoms with E-state index in [0.717, 1.165) is 42.0 Å². The van der Waals surface area contributed by atoms with Gasteiger partial charge >= 0.3 is 0 Å². The standard InChI is InChI=1S/C27H30N4O2/c1-20-13-14-25(21(2)18-20)33-17-9-8-16-31-24-12-5-4-10-22(24)29-26(31)19-30(3)27(32)23-11-6-7-15-28-23/h4-7,10-15,18H,8-9,16-17,19H2,1-3H3. The fourth-order valence-corrected chi connectivity index (χ4v) is 3.98. The molecule has 0 saturated carbocycles. The van der Waals surface area contributed by atoms with Crippen molar-refractivity contribution in [1.82, 2.24) is 19.4 Å². The highest BCUT2D eigenvalue weighted by atomic mass is 16.5. The number of fused-ring (bicyclic) bond motifs is 1. The minimum Gasteiger partial charge on any atom is -0.493 e. The monoisotopic (exact) mass is 442 g/mol. The Labute approximate surface area is 194 Å². The quantitative estimate of drug-likeness (QED) is 0.335. The molecule has 33 heavy (non-hydrogen) atoms. The SMILES string of the molecule is Cc1ccc(OCCCCn2c(CN(C)C(=O)c3ccccn3)nc3ccccc32)c(C)c1. The van der Waals surface area contributed by atoms with Crippen LogP contribution in [-0.2, 0) is 13.1 Å². The van der Waals surface area contributed by atoms with Gasteiger partial charge in [-0.05, 0) is 62.6 Å². The molecular weight excluding hydrogens is 412 g/mol. The van der Waals surface area contributed by atoms with Crippen molar-refractivity contribution in [2.24, 2.45) is 0 Å². The number of hydrogen-bond donors (Lipinski definition) is 0. The van der Waals surface area contributed by atoms with Crippen molar-refractivity contribution in [2.45, 2.75) is 39.8 Å². The highest BCUT2D eigenvalue weighted by molar-refractivity contribution is 5.92. The first-order chi connectivity index (χ1) is 16.0. The average molecular weight is 443 g/mol. The van der Waals surface area contributed by atoms with Gasteiger partial charge in [-0.2, -0.15) is 0 Å². The summed E-state index contributed by atoms with van der Waals surface area (Å²) in [5.74, 6) is 1.71. The number of ether oxygens (including phenoxy) is 1. The number of imidazole rings is 1. The molecule has 6 nitrogen and oxygen atoms in total. The molecule has 0 fully saturated rings. The van der Waals surface area contributed by atoms with E-state index < -0.39 is 0 Å². The number of unbranched alkanes of at least 4 members (excludes halogenated alkanes) is 1. The summed E-state index contributed by atoms with van der Waals surface area (Å²) < 4.78 is 8.21. The van der Waals surface area contributed by atoms with Crippen LogP contribution in [0.1, 0.15) is 40.3 Å². The lowest BCUT2D eigenvalue weighted by Gasteiger charge is -2.18. The normalized spacial score (nSPS) is 11.0. The lowest BCUT2D eigenvalue weighted by Crippen LogP contribution is -2.28. The van der Waals surface area contributed by atoms with Crippen molar-refractivity contribution < 1.29 is 9.53 Å². The molecule has 170 valence electrons. The van der Waals surface area contributed by atoms with Crippen LogP contribution in [0.25, 0.3) is 11.0 Å². The number of hydrogen-bond acceptors (Lipinski definition) is 4. The third-order valence-corrected chi connectivity index (χ3v) is 5.71. The first kappa shape index (κ1) is 22.5. The summed E-state index contributed by atoms with van der Waals surface area (Å²) in [7, 11) is 1.79. The molecule has 0 spiro atoms. The van der Waals surface area contributed by atoms with Crippen molar-refractivity contribution in [1.29, 1.82) is 0 Å². The zero-order valence-corrected chi connectivity index (χ0v) is 19.5. The maximum absolute atomic E-state index is 12.8. The molecule has 2 aromatic heterocycles. The maximum Gasteiger partial charge on any atom is 0.272 e. The van der Waals surface area contributed by atoms with E-state index >= 15 is 0 Å². The maximum atomic E-state index is 12.8. The highest BCUT2D eigenvalue weighted by Gasteiger charge is 2.17. The summed E-state index contributed by atoms with van der Waals surface area (Å²) in [4.78, 5) is 23.4. The van der Waals surface area contributed by atoms with Crippen LogP contribution in [0.3, 0.4) is 0 Å². The first-order valence-electron chi connectivity index (χ1n) is 11.3. The summed E-state index contributed by atoms with van der Waals surface area (Å²) in [5.41, 5.74) is 4.87. The number of aryl methyl sites for hydroxylation is 3. The lowest BCUT2D eigenvalue weighted by atomic mass is 10.1. The van der Waals surface area contributed by atoms with Gasteiger partial charge in [-0.25, -0.2) is 4.98 Å². The molecular formula is C27H30N4O2. The van der Waals surface area contributed by atoms with E-state index in [2.05, 4.69) is 41.6 Å². The van der Waals surface area contributed by atoms with E-state index in [1.165, 1.54) is 11.1 Å². The minimum atomic E-state index is -0.115. The number of carbonyl (C=O) groups excluding carboxylic acids is 1. The predicted molar refractivity (Wildman–Crippen MR) is 130 cm³/mol. The molecule has 6 heteroatoms. The third kappa shape index (κ3) is 5.40. The molecule has 0 aliphatic carbocycles. The molecule has 4 rings (SSSR count). The number of benzene rings is 2. The van der Waals surface area contributed by atoms with Gasteiger partial charge in [0.1, 0.15) is 17.3 Å². The Balaban J connectivity index is 1.41. The van der Waals surface area contributed by atoms with Gasteiger partial charge in [0.15, 0.2) is 0 Å². The van der Waals surface area contributed by atoms with E-state index in [4.69, 9.17) is 9.72 Å². The molecule has 2 aromatic carbocycles. The smallest absolute Gasteiger partial charge is 0.272 e. The van der Waals surface area contributed by atoms with Gasteiger partial charge in [-0.15, -0.1) is 0 Å². The molecule has 0 N–H and O–H groups in total. The fraction of sp³-hybridized carbons (Fsp3) is 0.296. The van der Waals surface area contributed by atoms with Gasteiger partial charge in [0.25, 0.3) is 5.91 Å². The average Bonchev–Trinajstić information content (AvgIpc) is 3.17. The predicted octanol–water partition coefficient (Wildman–Crippen LogP) is 5.18. The van der Waals surface area contributed by atoms with Crippen molar-refractivity contribution in [3.8, 4) is 5.75 Å². The number of carbonyl (C=O) groups is 1. The lowest BCUT2D eigenvalue weighted by molar-refractivity contribution is 0.0774. The van der Waals surface area contributed by atoms with Gasteiger partial charge in [-0.3, -0.25) is 9.78 Å². The topological polar surface area (TPSA) is 60.2 Å². The number of amides is 1. The van der Waals surface area contributed by atoms with E-state index in [1.807, 2.05) is 30.3 Å². The van der Waals surface area contributed by atoms with Crippen LogP contribution < -0.4 is 4.74 Å². The first-order valence-corrected chi connectivity index (χ1v) is 11.3. The van der Waals surface area contributed by atoms with Crippen LogP contribution in [0.4, 0.5) is 0 Å². The van der Waals surface area contributed by atoms with E-state index in [0.29, 0.717) is 18.8 Å². The molecule has 0 aliphatic heterocycles. The van der Waals surface area contributed by atoms with Gasteiger partial charge in [-0.1, -0.05) is 35.9 Å².